The molecule has 0 amide bonds. The van der Waals surface area contributed by atoms with E-state index in [9.17, 15) is 0 Å². The van der Waals surface area contributed by atoms with E-state index in [1.54, 1.807) is 0 Å². The molecule has 1 aromatic heterocycles. The quantitative estimate of drug-likeness (QED) is 0.752. The molecule has 0 aliphatic carbocycles. The van der Waals surface area contributed by atoms with E-state index in [0.717, 1.165) is 44.4 Å². The highest BCUT2D eigenvalue weighted by Crippen LogP contribution is 2.27. The minimum atomic E-state index is 0.400. The third kappa shape index (κ3) is 1.51. The Bertz CT molecular complexity index is 356. The second-order valence-electron chi connectivity index (χ2n) is 4.36. The van der Waals surface area contributed by atoms with Gasteiger partial charge in [0.15, 0.2) is 5.82 Å². The van der Waals surface area contributed by atoms with Gasteiger partial charge in [-0.15, -0.1) is 0 Å². The van der Waals surface area contributed by atoms with E-state index in [0.29, 0.717) is 12.0 Å². The van der Waals surface area contributed by atoms with Crippen LogP contribution in [0.25, 0.3) is 0 Å². The van der Waals surface area contributed by atoms with Crippen LogP contribution in [-0.2, 0) is 4.74 Å². The molecule has 1 fully saturated rings. The molecule has 0 saturated carbocycles. The van der Waals surface area contributed by atoms with Gasteiger partial charge in [-0.3, -0.25) is 0 Å². The van der Waals surface area contributed by atoms with Crippen LogP contribution in [-0.4, -0.2) is 34.5 Å². The number of fused-ring (bicyclic) bond motifs is 1. The number of hydrogen-bond acceptors (Lipinski definition) is 4. The van der Waals surface area contributed by atoms with Crippen LogP contribution < -0.4 is 5.32 Å². The van der Waals surface area contributed by atoms with Gasteiger partial charge in [0.25, 0.3) is 0 Å². The van der Waals surface area contributed by atoms with Crippen molar-refractivity contribution in [3.63, 3.8) is 0 Å². The van der Waals surface area contributed by atoms with Crippen LogP contribution in [0.1, 0.15) is 37.5 Å². The monoisotopic (exact) mass is 208 g/mol. The summed E-state index contributed by atoms with van der Waals surface area (Å²) in [5.74, 6) is 2.27. The fraction of sp³-hybridized carbons (Fsp3) is 0.800. The van der Waals surface area contributed by atoms with Gasteiger partial charge < -0.3 is 10.1 Å². The zero-order chi connectivity index (χ0) is 10.3. The molecule has 3 heterocycles. The normalized spacial score (nSPS) is 29.9. The molecule has 2 unspecified atom stereocenters. The molecule has 1 N–H and O–H groups in total. The first-order valence-corrected chi connectivity index (χ1v) is 5.62. The zero-order valence-corrected chi connectivity index (χ0v) is 8.94. The number of nitrogens with zero attached hydrogens (tertiary/aromatic N) is 3. The van der Waals surface area contributed by atoms with E-state index in [-0.39, 0.29) is 0 Å². The van der Waals surface area contributed by atoms with Crippen LogP contribution in [0.4, 0.5) is 5.95 Å². The van der Waals surface area contributed by atoms with Crippen molar-refractivity contribution in [3.8, 4) is 0 Å². The molecule has 2 aliphatic rings. The van der Waals surface area contributed by atoms with Gasteiger partial charge in [-0.2, -0.15) is 10.1 Å². The fourth-order valence-electron chi connectivity index (χ4n) is 2.19. The van der Waals surface area contributed by atoms with Crippen LogP contribution in [0.15, 0.2) is 0 Å². The van der Waals surface area contributed by atoms with Crippen molar-refractivity contribution in [1.29, 1.82) is 0 Å². The summed E-state index contributed by atoms with van der Waals surface area (Å²) in [5, 5.41) is 7.86. The largest absolute Gasteiger partial charge is 0.381 e. The average molecular weight is 208 g/mol. The Morgan fingerprint density at radius 1 is 1.47 bits per heavy atom. The van der Waals surface area contributed by atoms with Crippen molar-refractivity contribution in [1.82, 2.24) is 14.8 Å². The molecule has 2 aliphatic heterocycles. The molecule has 0 aromatic carbocycles. The summed E-state index contributed by atoms with van der Waals surface area (Å²) in [6, 6.07) is 0.463. The van der Waals surface area contributed by atoms with Crippen molar-refractivity contribution in [2.24, 2.45) is 0 Å². The molecule has 0 bridgehead atoms. The van der Waals surface area contributed by atoms with Crippen molar-refractivity contribution >= 4 is 5.95 Å². The highest BCUT2D eigenvalue weighted by molar-refractivity contribution is 5.28. The Labute approximate surface area is 88.8 Å². The second-order valence-corrected chi connectivity index (χ2v) is 4.36. The Balaban J connectivity index is 1.90. The molecule has 1 saturated heterocycles. The first-order valence-electron chi connectivity index (χ1n) is 5.62. The molecule has 15 heavy (non-hydrogen) atoms. The Morgan fingerprint density at radius 2 is 2.40 bits per heavy atom. The summed E-state index contributed by atoms with van der Waals surface area (Å²) in [7, 11) is 0. The molecule has 5 heteroatoms. The summed E-state index contributed by atoms with van der Waals surface area (Å²) < 4.78 is 7.37. The second kappa shape index (κ2) is 3.48. The minimum Gasteiger partial charge on any atom is -0.381 e. The number of nitrogens with one attached hydrogen (secondary N) is 1. The van der Waals surface area contributed by atoms with E-state index in [4.69, 9.17) is 4.74 Å². The van der Waals surface area contributed by atoms with Crippen LogP contribution in [0, 0.1) is 0 Å². The minimum absolute atomic E-state index is 0.400. The van der Waals surface area contributed by atoms with Crippen molar-refractivity contribution in [3.05, 3.63) is 5.82 Å². The molecule has 0 radical (unpaired) electrons. The Hall–Kier alpha value is -1.10. The smallest absolute Gasteiger partial charge is 0.221 e. The molecule has 1 aromatic rings. The summed E-state index contributed by atoms with van der Waals surface area (Å²) in [4.78, 5) is 4.54. The first kappa shape index (κ1) is 9.15. The molecule has 2 atom stereocenters. The first-order chi connectivity index (χ1) is 7.34. The molecule has 82 valence electrons. The average Bonchev–Trinajstić information content (AvgIpc) is 2.86. The number of rotatable bonds is 1. The van der Waals surface area contributed by atoms with E-state index in [2.05, 4.69) is 22.3 Å². The zero-order valence-electron chi connectivity index (χ0n) is 8.94. The lowest BCUT2D eigenvalue weighted by Gasteiger charge is -2.20. The van der Waals surface area contributed by atoms with Crippen LogP contribution in [0.2, 0.25) is 0 Å². The van der Waals surface area contributed by atoms with E-state index >= 15 is 0 Å². The van der Waals surface area contributed by atoms with Gasteiger partial charge in [-0.1, -0.05) is 0 Å². The highest BCUT2D eigenvalue weighted by atomic mass is 16.5. The number of hydrogen-bond donors (Lipinski definition) is 1. The number of aromatic nitrogens is 3. The van der Waals surface area contributed by atoms with Crippen molar-refractivity contribution in [2.75, 3.05) is 25.1 Å². The van der Waals surface area contributed by atoms with Crippen LogP contribution in [0.5, 0.6) is 0 Å². The lowest BCUT2D eigenvalue weighted by Crippen LogP contribution is -2.21. The van der Waals surface area contributed by atoms with Gasteiger partial charge in [0.05, 0.1) is 12.6 Å². The van der Waals surface area contributed by atoms with Gasteiger partial charge in [0, 0.05) is 19.1 Å². The number of ether oxygens (including phenoxy) is 1. The van der Waals surface area contributed by atoms with Crippen LogP contribution in [0.3, 0.4) is 0 Å². The lowest BCUT2D eigenvalue weighted by atomic mass is 10.1. The van der Waals surface area contributed by atoms with Gasteiger partial charge >= 0.3 is 0 Å². The summed E-state index contributed by atoms with van der Waals surface area (Å²) in [6.07, 6.45) is 2.18. The number of anilines is 1. The fourth-order valence-corrected chi connectivity index (χ4v) is 2.19. The topological polar surface area (TPSA) is 52.0 Å². The van der Waals surface area contributed by atoms with E-state index in [1.807, 2.05) is 4.68 Å². The van der Waals surface area contributed by atoms with Gasteiger partial charge in [-0.25, -0.2) is 4.68 Å². The Morgan fingerprint density at radius 3 is 3.13 bits per heavy atom. The predicted molar refractivity (Wildman–Crippen MR) is 56.0 cm³/mol. The molecular formula is C10H16N4O. The highest BCUT2D eigenvalue weighted by Gasteiger charge is 2.26. The maximum absolute atomic E-state index is 5.36. The molecule has 3 rings (SSSR count). The van der Waals surface area contributed by atoms with E-state index < -0.39 is 0 Å². The Kier molecular flexibility index (Phi) is 2.12. The standard InChI is InChI=1S/C10H16N4O/c1-7-2-4-11-10-12-9(13-14(7)10)8-3-5-15-6-8/h7-8H,2-6H2,1H3,(H,11,12,13). The molecular weight excluding hydrogens is 192 g/mol. The SMILES string of the molecule is CC1CCNc2nc(C3CCOC3)nn21. The maximum Gasteiger partial charge on any atom is 0.221 e. The molecule has 0 spiro atoms. The summed E-state index contributed by atoms with van der Waals surface area (Å²) >= 11 is 0. The third-order valence-electron chi connectivity index (χ3n) is 3.21. The van der Waals surface area contributed by atoms with Crippen molar-refractivity contribution in [2.45, 2.75) is 31.7 Å². The van der Waals surface area contributed by atoms with Crippen molar-refractivity contribution < 1.29 is 4.74 Å². The van der Waals surface area contributed by atoms with Gasteiger partial charge in [-0.05, 0) is 19.8 Å². The lowest BCUT2D eigenvalue weighted by molar-refractivity contribution is 0.193. The van der Waals surface area contributed by atoms with Crippen LogP contribution >= 0.6 is 0 Å². The van der Waals surface area contributed by atoms with Gasteiger partial charge in [0.1, 0.15) is 0 Å². The molecule has 5 nitrogen and oxygen atoms in total. The summed E-state index contributed by atoms with van der Waals surface area (Å²) in [6.45, 7) is 4.81. The maximum atomic E-state index is 5.36. The summed E-state index contributed by atoms with van der Waals surface area (Å²) in [5.41, 5.74) is 0. The third-order valence-corrected chi connectivity index (χ3v) is 3.21. The predicted octanol–water partition coefficient (Wildman–Crippen LogP) is 1.16. The van der Waals surface area contributed by atoms with E-state index in [1.165, 1.54) is 0 Å². The van der Waals surface area contributed by atoms with Gasteiger partial charge in [0.2, 0.25) is 5.95 Å².